The van der Waals surface area contributed by atoms with Gasteiger partial charge in [-0.05, 0) is 101 Å². The van der Waals surface area contributed by atoms with Crippen LogP contribution >= 0.6 is 0 Å². The fourth-order valence-electron chi connectivity index (χ4n) is 12.6. The van der Waals surface area contributed by atoms with Gasteiger partial charge in [0.2, 0.25) is 22.8 Å². The summed E-state index contributed by atoms with van der Waals surface area (Å²) >= 11 is 0. The first-order valence-electron chi connectivity index (χ1n) is 29.9. The first-order chi connectivity index (χ1) is 43.4. The van der Waals surface area contributed by atoms with E-state index in [0.29, 0.717) is 55.1 Å². The molecule has 0 atom stereocenters. The number of pyridine rings is 4. The normalized spacial score (nSPS) is 13.5. The molecule has 13 heteroatoms. The standard InChI is InChI=1S/C77H62N8O4.CH4.Y/c1-50(86)58-25-17-54(18-26-58)45-80-41-9-5-13-66(80)74-62-33-34-63(78-62)75(67-14-6-10-42-81(67)46-55-19-27-59(28-20-55)51(2)87)72-39-40-73-77(69-16-8-12-44-83(69)48-57-23-31-61(32-24-57)53(4)89)65-36-35-64(79-65)76(71-38-37-70(74)84(71)49-85(72)73)68-15-7-11-43-82(68)47-56-21-29-60(30-22-56)52(3)88;;/h5-44H,45-49H2,1-4H3;1H4;/q+4;;. The number of rotatable bonds is 16. The van der Waals surface area contributed by atoms with Gasteiger partial charge in [0.15, 0.2) is 74.1 Å². The Balaban J connectivity index is 0.00000400. The van der Waals surface area contributed by atoms with Crippen molar-refractivity contribution in [3.8, 4) is 0 Å². The minimum Gasteiger partial charge on any atom is -0.321 e. The van der Waals surface area contributed by atoms with Crippen molar-refractivity contribution >= 4 is 56.8 Å². The van der Waals surface area contributed by atoms with Gasteiger partial charge in [-0.2, -0.15) is 18.3 Å². The van der Waals surface area contributed by atoms with Gasteiger partial charge in [0, 0.05) is 126 Å². The molecule has 0 saturated carbocycles. The molecular weight excluding hydrogens is 1200 g/mol. The maximum Gasteiger partial charge on any atom is 0.217 e. The number of fused-ring (bicyclic) bond motifs is 2. The van der Waals surface area contributed by atoms with Gasteiger partial charge in [0.25, 0.3) is 0 Å². The van der Waals surface area contributed by atoms with Crippen LogP contribution in [0, 0.1) is 0 Å². The third-order valence-corrected chi connectivity index (χ3v) is 17.2. The van der Waals surface area contributed by atoms with Gasteiger partial charge in [0.05, 0.1) is 67.2 Å². The number of hydrogen-bond donors (Lipinski definition) is 0. The Kier molecular flexibility index (Phi) is 17.3. The molecule has 14 rings (SSSR count). The van der Waals surface area contributed by atoms with E-state index >= 15 is 0 Å². The zero-order chi connectivity index (χ0) is 60.9. The first kappa shape index (κ1) is 61.1. The fourth-order valence-corrected chi connectivity index (χ4v) is 12.6. The van der Waals surface area contributed by atoms with Crippen molar-refractivity contribution in [2.45, 2.75) is 68.0 Å². The number of hydrogen-bond acceptors (Lipinski definition) is 6. The number of benzene rings is 4. The van der Waals surface area contributed by atoms with E-state index < -0.39 is 0 Å². The Labute approximate surface area is 554 Å². The third-order valence-electron chi connectivity index (χ3n) is 17.2. The third kappa shape index (κ3) is 11.9. The summed E-state index contributed by atoms with van der Waals surface area (Å²) in [5.74, 6) is 0.0710. The summed E-state index contributed by atoms with van der Waals surface area (Å²) < 4.78 is 14.0. The molecule has 0 saturated heterocycles. The second-order valence-electron chi connectivity index (χ2n) is 23.0. The Hall–Kier alpha value is -10.1. The fraction of sp³-hybridized carbons (Fsp3) is 0.128. The Morgan fingerprint density at radius 3 is 0.923 bits per heavy atom. The van der Waals surface area contributed by atoms with Crippen molar-refractivity contribution in [3.05, 3.63) is 344 Å². The summed E-state index contributed by atoms with van der Waals surface area (Å²) in [5, 5.41) is 1.87. The van der Waals surface area contributed by atoms with E-state index in [1.807, 2.05) is 97.1 Å². The molecule has 10 aromatic rings. The van der Waals surface area contributed by atoms with E-state index in [2.05, 4.69) is 174 Å². The van der Waals surface area contributed by atoms with Crippen molar-refractivity contribution in [2.75, 3.05) is 0 Å². The van der Waals surface area contributed by atoms with Gasteiger partial charge in [0.1, 0.15) is 6.67 Å². The zero-order valence-corrected chi connectivity index (χ0v) is 53.3. The molecule has 0 spiro atoms. The molecule has 10 heterocycles. The summed E-state index contributed by atoms with van der Waals surface area (Å²) in [5.41, 5.74) is 19.3. The number of ketones is 4. The number of aromatic nitrogens is 6. The number of carbonyl (C=O) groups excluding carboxylic acids is 4. The van der Waals surface area contributed by atoms with Crippen LogP contribution in [0.1, 0.15) is 133 Å². The molecule has 91 heavy (non-hydrogen) atoms. The molecule has 4 aromatic carbocycles. The molecule has 6 bridgehead atoms. The topological polar surface area (TPSA) is 118 Å². The van der Waals surface area contributed by atoms with E-state index in [0.717, 1.165) is 112 Å². The van der Waals surface area contributed by atoms with Crippen LogP contribution in [0.15, 0.2) is 265 Å². The van der Waals surface area contributed by atoms with Crippen molar-refractivity contribution in [3.63, 3.8) is 0 Å². The molecule has 1 radical (unpaired) electrons. The minimum atomic E-state index is 0. The number of aliphatic imine (C=N–C) groups is 2. The maximum atomic E-state index is 12.5. The SMILES string of the molecule is C.CC(=O)c1ccc(C[n+]2ccccc2C2=C3C=CC(=N3)C(c3cccc[n+]3Cc3ccc(C(C)=O)cc3)=c3ccc4n3Cn3c2ccc3C(c2cccc[n+]2Cc2ccc(C(C)=O)cc2)=C2C=CC(=N2)C=4c2cccc[n+]2Cc2ccc(C(C)=O)cc2)cc1.[Y]. The van der Waals surface area contributed by atoms with E-state index in [1.54, 1.807) is 27.7 Å². The van der Waals surface area contributed by atoms with Crippen LogP contribution in [0.25, 0.3) is 22.3 Å². The van der Waals surface area contributed by atoms with Gasteiger partial charge in [-0.15, -0.1) is 0 Å². The van der Waals surface area contributed by atoms with Crippen molar-refractivity contribution in [1.29, 1.82) is 0 Å². The second-order valence-corrected chi connectivity index (χ2v) is 23.0. The summed E-state index contributed by atoms with van der Waals surface area (Å²) in [6, 6.07) is 65.6. The molecule has 0 fully saturated rings. The quantitative estimate of drug-likeness (QED) is 0.0707. The van der Waals surface area contributed by atoms with Crippen LogP contribution in [-0.4, -0.2) is 43.7 Å². The summed E-state index contributed by atoms with van der Waals surface area (Å²) in [6.45, 7) is 8.79. The zero-order valence-electron chi connectivity index (χ0n) is 50.4. The molecule has 4 aliphatic heterocycles. The largest absolute Gasteiger partial charge is 0.321 e. The van der Waals surface area contributed by atoms with E-state index in [4.69, 9.17) is 9.98 Å². The molecule has 0 unspecified atom stereocenters. The molecule has 6 aromatic heterocycles. The van der Waals surface area contributed by atoms with Crippen LogP contribution in [0.3, 0.4) is 0 Å². The minimum absolute atomic E-state index is 0. The Morgan fingerprint density at radius 1 is 0.352 bits per heavy atom. The van der Waals surface area contributed by atoms with Crippen molar-refractivity contribution in [2.24, 2.45) is 9.98 Å². The van der Waals surface area contributed by atoms with Crippen LogP contribution in [-0.2, 0) is 65.6 Å². The van der Waals surface area contributed by atoms with Crippen LogP contribution in [0.2, 0.25) is 0 Å². The molecule has 4 aliphatic rings. The molecule has 0 N–H and O–H groups in total. The van der Waals surface area contributed by atoms with Gasteiger partial charge in [-0.25, -0.2) is 9.98 Å². The monoisotopic (exact) mass is 1270 g/mol. The predicted molar refractivity (Wildman–Crippen MR) is 349 cm³/mol. The number of carbonyl (C=O) groups is 4. The number of nitrogens with zero attached hydrogens (tertiary/aromatic N) is 8. The van der Waals surface area contributed by atoms with Crippen LogP contribution < -0.4 is 29.0 Å². The summed E-state index contributed by atoms with van der Waals surface area (Å²) in [6.07, 6.45) is 17.1. The van der Waals surface area contributed by atoms with Crippen LogP contribution in [0.5, 0.6) is 0 Å². The molecular formula is C78H66N8O4Y+4. The Bertz CT molecular complexity index is 4650. The van der Waals surface area contributed by atoms with E-state index in [-0.39, 0.29) is 63.3 Å². The maximum absolute atomic E-state index is 12.5. The summed E-state index contributed by atoms with van der Waals surface area (Å²) in [4.78, 5) is 61.5. The van der Waals surface area contributed by atoms with Gasteiger partial charge < -0.3 is 9.13 Å². The average molecular weight is 1270 g/mol. The average Bonchev–Trinajstić information content (AvgIpc) is 1.60. The van der Waals surface area contributed by atoms with Crippen molar-refractivity contribution < 1.29 is 70.2 Å². The smallest absolute Gasteiger partial charge is 0.217 e. The van der Waals surface area contributed by atoms with E-state index in [1.165, 1.54) is 0 Å². The Morgan fingerprint density at radius 2 is 0.637 bits per heavy atom. The predicted octanol–water partition coefficient (Wildman–Crippen LogP) is 10.5. The number of Topliss-reactive ketones (excluding diaryl/α,β-unsaturated/α-hetero) is 4. The molecule has 0 aliphatic carbocycles. The van der Waals surface area contributed by atoms with Gasteiger partial charge in [-0.1, -0.05) is 104 Å². The second kappa shape index (κ2) is 25.8. The molecule has 441 valence electrons. The summed E-state index contributed by atoms with van der Waals surface area (Å²) in [7, 11) is 0. The number of allylic oxidation sites excluding steroid dienone is 4. The van der Waals surface area contributed by atoms with Gasteiger partial charge in [-0.3, -0.25) is 19.2 Å². The molecule has 12 nitrogen and oxygen atoms in total. The van der Waals surface area contributed by atoms with E-state index in [9.17, 15) is 19.2 Å². The van der Waals surface area contributed by atoms with Crippen molar-refractivity contribution in [1.82, 2.24) is 9.13 Å². The van der Waals surface area contributed by atoms with Crippen LogP contribution in [0.4, 0.5) is 0 Å². The molecule has 0 amide bonds. The van der Waals surface area contributed by atoms with Gasteiger partial charge >= 0.3 is 0 Å². The first-order valence-corrected chi connectivity index (χ1v) is 29.9.